The Hall–Kier alpha value is -1.38. The molecule has 2 aliphatic carbocycles. The Balaban J connectivity index is 1.27. The van der Waals surface area contributed by atoms with Crippen LogP contribution in [0.3, 0.4) is 0 Å². The number of pyridine rings is 1. The Morgan fingerprint density at radius 3 is 1.94 bits per heavy atom. The van der Waals surface area contributed by atoms with Crippen molar-refractivity contribution in [2.45, 2.75) is 136 Å². The topological polar surface area (TPSA) is 39.2 Å². The molecule has 2 saturated carbocycles. The summed E-state index contributed by atoms with van der Waals surface area (Å²) in [4.78, 5) is 17.1. The van der Waals surface area contributed by atoms with Gasteiger partial charge >= 0.3 is 5.97 Å². The molecule has 1 aromatic heterocycles. The van der Waals surface area contributed by atoms with Crippen molar-refractivity contribution < 1.29 is 9.53 Å². The van der Waals surface area contributed by atoms with Crippen LogP contribution in [0.4, 0.5) is 0 Å². The number of ether oxygens (including phenoxy) is 1. The maximum atomic E-state index is 12.7. The van der Waals surface area contributed by atoms with E-state index in [0.717, 1.165) is 42.7 Å². The van der Waals surface area contributed by atoms with Gasteiger partial charge in [0, 0.05) is 5.69 Å². The minimum Gasteiger partial charge on any atom is -0.425 e. The number of aryl methyl sites for hydroxylation is 1. The Morgan fingerprint density at radius 1 is 0.765 bits per heavy atom. The largest absolute Gasteiger partial charge is 0.425 e. The quantitative estimate of drug-likeness (QED) is 0.201. The number of esters is 1. The second kappa shape index (κ2) is 15.6. The molecule has 2 aliphatic rings. The van der Waals surface area contributed by atoms with Crippen molar-refractivity contribution in [3.8, 4) is 5.75 Å². The highest BCUT2D eigenvalue weighted by Gasteiger charge is 2.29. The lowest BCUT2D eigenvalue weighted by Crippen LogP contribution is -2.26. The van der Waals surface area contributed by atoms with E-state index in [4.69, 9.17) is 4.74 Å². The van der Waals surface area contributed by atoms with E-state index in [1.54, 1.807) is 6.20 Å². The predicted octanol–water partition coefficient (Wildman–Crippen LogP) is 9.08. The molecule has 3 rings (SSSR count). The average molecular weight is 470 g/mol. The van der Waals surface area contributed by atoms with Gasteiger partial charge in [0.15, 0.2) is 0 Å². The van der Waals surface area contributed by atoms with Crippen molar-refractivity contribution in [3.63, 3.8) is 0 Å². The summed E-state index contributed by atoms with van der Waals surface area (Å²) in [6.45, 7) is 4.51. The zero-order chi connectivity index (χ0) is 24.0. The first kappa shape index (κ1) is 27.2. The molecular formula is C31H51NO2. The normalized spacial score (nSPS) is 25.2. The molecular weight excluding hydrogens is 418 g/mol. The van der Waals surface area contributed by atoms with E-state index in [2.05, 4.69) is 18.8 Å². The summed E-state index contributed by atoms with van der Waals surface area (Å²) in [6, 6.07) is 3.92. The van der Waals surface area contributed by atoms with Gasteiger partial charge < -0.3 is 4.74 Å². The van der Waals surface area contributed by atoms with Crippen molar-refractivity contribution in [2.24, 2.45) is 23.7 Å². The third-order valence-electron chi connectivity index (χ3n) is 8.65. The van der Waals surface area contributed by atoms with Crippen LogP contribution in [0.2, 0.25) is 0 Å². The minimum absolute atomic E-state index is 0.0451. The standard InChI is InChI=1S/C31H51NO2/c1-3-5-7-9-10-25-12-14-26(15-13-25)16-17-27-18-20-28(21-19-27)31(33)34-30-23-22-29(32-24-30)11-8-6-4-2/h22-28H,3-21H2,1-2H3. The molecule has 3 nitrogen and oxygen atoms in total. The maximum Gasteiger partial charge on any atom is 0.314 e. The lowest BCUT2D eigenvalue weighted by Gasteiger charge is -2.31. The highest BCUT2D eigenvalue weighted by atomic mass is 16.5. The van der Waals surface area contributed by atoms with Gasteiger partial charge in [-0.2, -0.15) is 0 Å². The van der Waals surface area contributed by atoms with Gasteiger partial charge in [-0.3, -0.25) is 9.78 Å². The summed E-state index contributed by atoms with van der Waals surface area (Å²) in [7, 11) is 0. The molecule has 0 unspecified atom stereocenters. The fraction of sp³-hybridized carbons (Fsp3) is 0.806. The number of rotatable bonds is 14. The monoisotopic (exact) mass is 469 g/mol. The molecule has 0 spiro atoms. The van der Waals surface area contributed by atoms with Crippen molar-refractivity contribution in [2.75, 3.05) is 0 Å². The molecule has 0 aliphatic heterocycles. The number of unbranched alkanes of at least 4 members (excludes halogenated alkanes) is 5. The first-order chi connectivity index (χ1) is 16.7. The molecule has 34 heavy (non-hydrogen) atoms. The average Bonchev–Trinajstić information content (AvgIpc) is 2.87. The molecule has 2 fully saturated rings. The number of hydrogen-bond donors (Lipinski definition) is 0. The van der Waals surface area contributed by atoms with Gasteiger partial charge in [-0.25, -0.2) is 0 Å². The lowest BCUT2D eigenvalue weighted by molar-refractivity contribution is -0.140. The van der Waals surface area contributed by atoms with Crippen LogP contribution in [0.5, 0.6) is 5.75 Å². The predicted molar refractivity (Wildman–Crippen MR) is 142 cm³/mol. The summed E-state index contributed by atoms with van der Waals surface area (Å²) in [6.07, 6.45) is 26.6. The summed E-state index contributed by atoms with van der Waals surface area (Å²) >= 11 is 0. The molecule has 0 atom stereocenters. The SMILES string of the molecule is CCCCCCC1CCC(CCC2CCC(C(=O)Oc3ccc(CCCCC)nc3)CC2)CC1. The van der Waals surface area contributed by atoms with Gasteiger partial charge in [-0.15, -0.1) is 0 Å². The van der Waals surface area contributed by atoms with Gasteiger partial charge in [0.25, 0.3) is 0 Å². The van der Waals surface area contributed by atoms with E-state index in [0.29, 0.717) is 5.75 Å². The summed E-state index contributed by atoms with van der Waals surface area (Å²) < 4.78 is 5.67. The van der Waals surface area contributed by atoms with Crippen LogP contribution in [0.1, 0.15) is 135 Å². The zero-order valence-corrected chi connectivity index (χ0v) is 22.2. The third-order valence-corrected chi connectivity index (χ3v) is 8.65. The molecule has 0 amide bonds. The molecule has 192 valence electrons. The van der Waals surface area contributed by atoms with E-state index in [1.165, 1.54) is 103 Å². The first-order valence-corrected chi connectivity index (χ1v) is 14.8. The van der Waals surface area contributed by atoms with E-state index in [-0.39, 0.29) is 11.9 Å². The van der Waals surface area contributed by atoms with Crippen LogP contribution < -0.4 is 4.74 Å². The molecule has 1 heterocycles. The summed E-state index contributed by atoms with van der Waals surface area (Å²) in [5.74, 6) is 3.43. The maximum absolute atomic E-state index is 12.7. The van der Waals surface area contributed by atoms with E-state index in [1.807, 2.05) is 12.1 Å². The zero-order valence-electron chi connectivity index (χ0n) is 22.2. The number of carbonyl (C=O) groups is 1. The highest BCUT2D eigenvalue weighted by Crippen LogP contribution is 2.38. The summed E-state index contributed by atoms with van der Waals surface area (Å²) in [5.41, 5.74) is 1.09. The van der Waals surface area contributed by atoms with Crippen LogP contribution in [-0.4, -0.2) is 11.0 Å². The van der Waals surface area contributed by atoms with Crippen molar-refractivity contribution in [1.82, 2.24) is 4.98 Å². The van der Waals surface area contributed by atoms with E-state index < -0.39 is 0 Å². The van der Waals surface area contributed by atoms with Crippen LogP contribution in [-0.2, 0) is 11.2 Å². The minimum atomic E-state index is -0.0451. The van der Waals surface area contributed by atoms with Crippen LogP contribution in [0, 0.1) is 23.7 Å². The second-order valence-electron chi connectivity index (χ2n) is 11.4. The molecule has 3 heteroatoms. The fourth-order valence-electron chi connectivity index (χ4n) is 6.20. The van der Waals surface area contributed by atoms with Gasteiger partial charge in [0.2, 0.25) is 0 Å². The van der Waals surface area contributed by atoms with Gasteiger partial charge in [-0.05, 0) is 68.4 Å². The first-order valence-electron chi connectivity index (χ1n) is 14.8. The number of carbonyl (C=O) groups excluding carboxylic acids is 1. The van der Waals surface area contributed by atoms with Crippen molar-refractivity contribution >= 4 is 5.97 Å². The van der Waals surface area contributed by atoms with Gasteiger partial charge in [-0.1, -0.05) is 97.3 Å². The van der Waals surface area contributed by atoms with Gasteiger partial charge in [0.05, 0.1) is 12.1 Å². The molecule has 1 aromatic rings. The fourth-order valence-corrected chi connectivity index (χ4v) is 6.20. The number of nitrogens with zero attached hydrogens (tertiary/aromatic N) is 1. The molecule has 0 bridgehead atoms. The van der Waals surface area contributed by atoms with Crippen LogP contribution in [0.15, 0.2) is 18.3 Å². The molecule has 0 N–H and O–H groups in total. The Bertz CT molecular complexity index is 669. The Labute approximate surface area is 209 Å². The third kappa shape index (κ3) is 9.70. The molecule has 0 saturated heterocycles. The van der Waals surface area contributed by atoms with E-state index in [9.17, 15) is 4.79 Å². The van der Waals surface area contributed by atoms with E-state index >= 15 is 0 Å². The van der Waals surface area contributed by atoms with Crippen molar-refractivity contribution in [3.05, 3.63) is 24.0 Å². The number of hydrogen-bond acceptors (Lipinski definition) is 3. The number of aromatic nitrogens is 1. The van der Waals surface area contributed by atoms with Crippen molar-refractivity contribution in [1.29, 1.82) is 0 Å². The van der Waals surface area contributed by atoms with Crippen LogP contribution >= 0.6 is 0 Å². The molecule has 0 radical (unpaired) electrons. The molecule has 0 aromatic carbocycles. The van der Waals surface area contributed by atoms with Crippen LogP contribution in [0.25, 0.3) is 0 Å². The highest BCUT2D eigenvalue weighted by molar-refractivity contribution is 5.75. The second-order valence-corrected chi connectivity index (χ2v) is 11.4. The summed E-state index contributed by atoms with van der Waals surface area (Å²) in [5, 5.41) is 0. The lowest BCUT2D eigenvalue weighted by atomic mass is 9.75. The smallest absolute Gasteiger partial charge is 0.314 e. The van der Waals surface area contributed by atoms with Gasteiger partial charge in [0.1, 0.15) is 5.75 Å². The Kier molecular flexibility index (Phi) is 12.5. The Morgan fingerprint density at radius 2 is 1.35 bits per heavy atom.